The van der Waals surface area contributed by atoms with Crippen LogP contribution < -0.4 is 5.32 Å². The number of carbonyl (C=O) groups is 2. The summed E-state index contributed by atoms with van der Waals surface area (Å²) in [7, 11) is 1.20. The van der Waals surface area contributed by atoms with Gasteiger partial charge >= 0.3 is 5.97 Å². The van der Waals surface area contributed by atoms with Gasteiger partial charge in [0.15, 0.2) is 5.15 Å². The van der Waals surface area contributed by atoms with Gasteiger partial charge in [0.05, 0.1) is 12.8 Å². The van der Waals surface area contributed by atoms with Crippen molar-refractivity contribution < 1.29 is 14.3 Å². The second-order valence-corrected chi connectivity index (χ2v) is 3.52. The summed E-state index contributed by atoms with van der Waals surface area (Å²) in [5.41, 5.74) is 0.292. The molecule has 0 bridgehead atoms. The SMILES string of the molecule is COC(=O)CC(=O)Nc1ccc(Cl)nc1Cl. The first-order chi connectivity index (χ1) is 7.52. The van der Waals surface area contributed by atoms with Crippen molar-refractivity contribution in [3.63, 3.8) is 0 Å². The van der Waals surface area contributed by atoms with Crippen LogP contribution in [0.2, 0.25) is 10.3 Å². The number of halogens is 2. The maximum Gasteiger partial charge on any atom is 0.315 e. The Morgan fingerprint density at radius 3 is 2.69 bits per heavy atom. The summed E-state index contributed by atoms with van der Waals surface area (Å²) in [4.78, 5) is 25.8. The van der Waals surface area contributed by atoms with Gasteiger partial charge in [-0.2, -0.15) is 0 Å². The maximum atomic E-state index is 11.3. The molecule has 1 aromatic rings. The molecule has 0 aliphatic rings. The molecule has 1 rings (SSSR count). The van der Waals surface area contributed by atoms with Gasteiger partial charge in [0.2, 0.25) is 5.91 Å². The lowest BCUT2D eigenvalue weighted by molar-refractivity contribution is -0.142. The number of nitrogens with one attached hydrogen (secondary N) is 1. The van der Waals surface area contributed by atoms with Crippen molar-refractivity contribution in [1.82, 2.24) is 4.98 Å². The Labute approximate surface area is 102 Å². The van der Waals surface area contributed by atoms with Crippen LogP contribution in [-0.4, -0.2) is 24.0 Å². The largest absolute Gasteiger partial charge is 0.469 e. The van der Waals surface area contributed by atoms with Gasteiger partial charge in [-0.1, -0.05) is 23.2 Å². The zero-order chi connectivity index (χ0) is 12.1. The van der Waals surface area contributed by atoms with E-state index < -0.39 is 11.9 Å². The molecule has 1 aromatic heterocycles. The molecule has 0 radical (unpaired) electrons. The Kier molecular flexibility index (Phi) is 4.52. The topological polar surface area (TPSA) is 68.3 Å². The molecule has 7 heteroatoms. The second kappa shape index (κ2) is 5.67. The van der Waals surface area contributed by atoms with Crippen molar-refractivity contribution in [3.05, 3.63) is 22.4 Å². The quantitative estimate of drug-likeness (QED) is 0.513. The highest BCUT2D eigenvalue weighted by Crippen LogP contribution is 2.21. The minimum absolute atomic E-state index is 0.0608. The molecule has 0 aliphatic heterocycles. The van der Waals surface area contributed by atoms with Crippen LogP contribution in [0, 0.1) is 0 Å². The number of anilines is 1. The molecule has 0 saturated heterocycles. The van der Waals surface area contributed by atoms with Crippen LogP contribution in [0.5, 0.6) is 0 Å². The smallest absolute Gasteiger partial charge is 0.315 e. The third-order valence-corrected chi connectivity index (χ3v) is 2.12. The number of amides is 1. The molecule has 1 heterocycles. The minimum atomic E-state index is -0.629. The Hall–Kier alpha value is -1.33. The number of esters is 1. The van der Waals surface area contributed by atoms with Crippen LogP contribution in [0.3, 0.4) is 0 Å². The molecule has 0 spiro atoms. The Balaban J connectivity index is 2.66. The third kappa shape index (κ3) is 3.67. The van der Waals surface area contributed by atoms with Gasteiger partial charge in [0.25, 0.3) is 0 Å². The van der Waals surface area contributed by atoms with Crippen LogP contribution in [0.4, 0.5) is 5.69 Å². The van der Waals surface area contributed by atoms with Crippen molar-refractivity contribution in [1.29, 1.82) is 0 Å². The number of hydrogen-bond donors (Lipinski definition) is 1. The van der Waals surface area contributed by atoms with Crippen molar-refractivity contribution in [2.45, 2.75) is 6.42 Å². The average Bonchev–Trinajstić information content (AvgIpc) is 2.22. The molecule has 0 aliphatic carbocycles. The summed E-state index contributed by atoms with van der Waals surface area (Å²) in [5, 5.41) is 2.69. The Morgan fingerprint density at radius 2 is 2.12 bits per heavy atom. The Bertz CT molecular complexity index is 423. The minimum Gasteiger partial charge on any atom is -0.469 e. The third-order valence-electron chi connectivity index (χ3n) is 1.62. The van der Waals surface area contributed by atoms with E-state index in [1.165, 1.54) is 19.2 Å². The molecule has 0 atom stereocenters. The van der Waals surface area contributed by atoms with Gasteiger partial charge < -0.3 is 10.1 Å². The number of hydrogen-bond acceptors (Lipinski definition) is 4. The molecule has 5 nitrogen and oxygen atoms in total. The lowest BCUT2D eigenvalue weighted by atomic mass is 10.3. The predicted octanol–water partition coefficient (Wildman–Crippen LogP) is 1.89. The number of aromatic nitrogens is 1. The number of ether oxygens (including phenoxy) is 1. The molecule has 1 N–H and O–H groups in total. The van der Waals surface area contributed by atoms with Gasteiger partial charge in [0.1, 0.15) is 11.6 Å². The van der Waals surface area contributed by atoms with E-state index in [1.54, 1.807) is 0 Å². The number of nitrogens with zero attached hydrogens (tertiary/aromatic N) is 1. The van der Waals surface area contributed by atoms with E-state index in [0.29, 0.717) is 5.69 Å². The fraction of sp³-hybridized carbons (Fsp3) is 0.222. The second-order valence-electron chi connectivity index (χ2n) is 2.77. The first-order valence-electron chi connectivity index (χ1n) is 4.21. The standard InChI is InChI=1S/C9H8Cl2N2O3/c1-16-8(15)4-7(14)12-5-2-3-6(10)13-9(5)11/h2-3H,4H2,1H3,(H,12,14). The van der Waals surface area contributed by atoms with Gasteiger partial charge in [0, 0.05) is 0 Å². The highest BCUT2D eigenvalue weighted by atomic mass is 35.5. The van der Waals surface area contributed by atoms with Crippen LogP contribution in [0.15, 0.2) is 12.1 Å². The van der Waals surface area contributed by atoms with Gasteiger partial charge in [-0.3, -0.25) is 9.59 Å². The zero-order valence-corrected chi connectivity index (χ0v) is 9.80. The van der Waals surface area contributed by atoms with Gasteiger partial charge in [-0.15, -0.1) is 0 Å². The lowest BCUT2D eigenvalue weighted by Gasteiger charge is -2.05. The molecule has 0 saturated carbocycles. The van der Waals surface area contributed by atoms with Crippen molar-refractivity contribution in [2.75, 3.05) is 12.4 Å². The van der Waals surface area contributed by atoms with Crippen molar-refractivity contribution in [3.8, 4) is 0 Å². The van der Waals surface area contributed by atoms with Crippen LogP contribution in [0.1, 0.15) is 6.42 Å². The van der Waals surface area contributed by atoms with E-state index in [-0.39, 0.29) is 16.7 Å². The normalized spacial score (nSPS) is 9.69. The van der Waals surface area contributed by atoms with E-state index in [1.807, 2.05) is 0 Å². The average molecular weight is 263 g/mol. The summed E-state index contributed by atoms with van der Waals surface area (Å²) in [5.74, 6) is -1.16. The zero-order valence-electron chi connectivity index (χ0n) is 8.29. The number of rotatable bonds is 3. The number of methoxy groups -OCH3 is 1. The Morgan fingerprint density at radius 1 is 1.44 bits per heavy atom. The van der Waals surface area contributed by atoms with E-state index in [9.17, 15) is 9.59 Å². The van der Waals surface area contributed by atoms with E-state index in [0.717, 1.165) is 0 Å². The fourth-order valence-corrected chi connectivity index (χ4v) is 1.30. The van der Waals surface area contributed by atoms with Gasteiger partial charge in [-0.05, 0) is 12.1 Å². The fourth-order valence-electron chi connectivity index (χ4n) is 0.903. The molecule has 1 amide bonds. The molecule has 0 aromatic carbocycles. The van der Waals surface area contributed by atoms with Crippen molar-refractivity contribution >= 4 is 40.8 Å². The summed E-state index contributed by atoms with van der Waals surface area (Å²) in [6, 6.07) is 2.97. The highest BCUT2D eigenvalue weighted by molar-refractivity contribution is 6.34. The maximum absolute atomic E-state index is 11.3. The summed E-state index contributed by atoms with van der Waals surface area (Å²) >= 11 is 11.3. The predicted molar refractivity (Wildman–Crippen MR) is 59.5 cm³/mol. The monoisotopic (exact) mass is 262 g/mol. The number of carbonyl (C=O) groups excluding carboxylic acids is 2. The summed E-state index contributed by atoms with van der Waals surface area (Å²) in [6.07, 6.45) is -0.380. The lowest BCUT2D eigenvalue weighted by Crippen LogP contribution is -2.17. The number of pyridine rings is 1. The molecular weight excluding hydrogens is 255 g/mol. The molecule has 0 unspecified atom stereocenters. The van der Waals surface area contributed by atoms with Crippen molar-refractivity contribution in [2.24, 2.45) is 0 Å². The van der Waals surface area contributed by atoms with Crippen LogP contribution >= 0.6 is 23.2 Å². The molecule has 0 fully saturated rings. The first kappa shape index (κ1) is 12.7. The van der Waals surface area contributed by atoms with Crippen LogP contribution in [0.25, 0.3) is 0 Å². The van der Waals surface area contributed by atoms with Gasteiger partial charge in [-0.25, -0.2) is 4.98 Å². The summed E-state index contributed by atoms with van der Waals surface area (Å²) < 4.78 is 4.34. The van der Waals surface area contributed by atoms with E-state index in [2.05, 4.69) is 15.0 Å². The molecule has 16 heavy (non-hydrogen) atoms. The van der Waals surface area contributed by atoms with E-state index in [4.69, 9.17) is 23.2 Å². The molecule has 86 valence electrons. The first-order valence-corrected chi connectivity index (χ1v) is 4.97. The van der Waals surface area contributed by atoms with Crippen LogP contribution in [-0.2, 0) is 14.3 Å². The van der Waals surface area contributed by atoms with E-state index >= 15 is 0 Å². The summed E-state index contributed by atoms with van der Waals surface area (Å²) in [6.45, 7) is 0. The molecular formula is C9H8Cl2N2O3. The highest BCUT2D eigenvalue weighted by Gasteiger charge is 2.11.